The molecule has 1 aliphatic heterocycles. The molecule has 0 amide bonds. The normalized spacial score (nSPS) is 20.8. The lowest BCUT2D eigenvalue weighted by molar-refractivity contribution is 0.163. The molecule has 2 rings (SSSR count). The van der Waals surface area contributed by atoms with Crippen LogP contribution < -0.4 is 5.32 Å². The van der Waals surface area contributed by atoms with Gasteiger partial charge in [-0.3, -0.25) is 9.58 Å². The van der Waals surface area contributed by atoms with E-state index in [0.29, 0.717) is 6.04 Å². The lowest BCUT2D eigenvalue weighted by Crippen LogP contribution is -2.40. The van der Waals surface area contributed by atoms with Crippen LogP contribution in [0.15, 0.2) is 0 Å². The zero-order chi connectivity index (χ0) is 14.7. The molecule has 2 heterocycles. The second-order valence-electron chi connectivity index (χ2n) is 6.58. The third-order valence-corrected chi connectivity index (χ3v) is 4.46. The highest BCUT2D eigenvalue weighted by Gasteiger charge is 2.22. The number of rotatable bonds is 5. The van der Waals surface area contributed by atoms with Crippen LogP contribution in [0.4, 0.5) is 0 Å². The van der Waals surface area contributed by atoms with Gasteiger partial charge in [-0.1, -0.05) is 13.8 Å². The Labute approximate surface area is 123 Å². The number of likely N-dealkylation sites (tertiary alicyclic amines) is 1. The fraction of sp³-hybridized carbons (Fsp3) is 0.812. The Hall–Kier alpha value is -0.870. The van der Waals surface area contributed by atoms with Gasteiger partial charge in [0.15, 0.2) is 0 Å². The molecule has 1 aromatic rings. The molecule has 0 aliphatic carbocycles. The van der Waals surface area contributed by atoms with Crippen LogP contribution in [-0.4, -0.2) is 40.4 Å². The van der Waals surface area contributed by atoms with Crippen LogP contribution in [0.1, 0.15) is 43.6 Å². The molecular weight excluding hydrogens is 248 g/mol. The molecule has 114 valence electrons. The minimum Gasteiger partial charge on any atom is -0.314 e. The first kappa shape index (κ1) is 15.5. The number of hydrogen-bond acceptors (Lipinski definition) is 3. The van der Waals surface area contributed by atoms with Gasteiger partial charge in [-0.15, -0.1) is 0 Å². The van der Waals surface area contributed by atoms with Gasteiger partial charge in [0.2, 0.25) is 0 Å². The van der Waals surface area contributed by atoms with Crippen LogP contribution in [0.2, 0.25) is 0 Å². The Morgan fingerprint density at radius 3 is 2.70 bits per heavy atom. The number of nitrogens with zero attached hydrogens (tertiary/aromatic N) is 3. The Bertz CT molecular complexity index is 436. The molecule has 20 heavy (non-hydrogen) atoms. The summed E-state index contributed by atoms with van der Waals surface area (Å²) < 4.78 is 2.01. The van der Waals surface area contributed by atoms with Crippen molar-refractivity contribution >= 4 is 0 Å². The van der Waals surface area contributed by atoms with Crippen LogP contribution in [0, 0.1) is 19.8 Å². The Kier molecular flexibility index (Phi) is 5.22. The number of hydrogen-bond donors (Lipinski definition) is 1. The highest BCUT2D eigenvalue weighted by Crippen LogP contribution is 2.21. The summed E-state index contributed by atoms with van der Waals surface area (Å²) >= 11 is 0. The molecular formula is C16H30N4. The molecule has 1 saturated heterocycles. The first-order valence-corrected chi connectivity index (χ1v) is 7.92. The van der Waals surface area contributed by atoms with Gasteiger partial charge in [0.1, 0.15) is 0 Å². The van der Waals surface area contributed by atoms with Crippen molar-refractivity contribution in [3.05, 3.63) is 17.0 Å². The predicted octanol–water partition coefficient (Wildman–Crippen LogP) is 2.25. The van der Waals surface area contributed by atoms with Crippen molar-refractivity contribution in [1.29, 1.82) is 0 Å². The van der Waals surface area contributed by atoms with Gasteiger partial charge in [-0.2, -0.15) is 5.10 Å². The van der Waals surface area contributed by atoms with Crippen LogP contribution in [0.25, 0.3) is 0 Å². The van der Waals surface area contributed by atoms with Crippen molar-refractivity contribution in [3.63, 3.8) is 0 Å². The number of aryl methyl sites for hydroxylation is 2. The van der Waals surface area contributed by atoms with Crippen LogP contribution >= 0.6 is 0 Å². The average Bonchev–Trinajstić information content (AvgIpc) is 2.64. The van der Waals surface area contributed by atoms with E-state index in [-0.39, 0.29) is 0 Å². The molecule has 1 N–H and O–H groups in total. The summed E-state index contributed by atoms with van der Waals surface area (Å²) in [7, 11) is 2.04. The third kappa shape index (κ3) is 3.83. The maximum absolute atomic E-state index is 4.53. The molecule has 1 atom stereocenters. The van der Waals surface area contributed by atoms with E-state index in [1.165, 1.54) is 42.9 Å². The van der Waals surface area contributed by atoms with E-state index >= 15 is 0 Å². The molecule has 0 saturated carbocycles. The maximum atomic E-state index is 4.53. The summed E-state index contributed by atoms with van der Waals surface area (Å²) in [5.41, 5.74) is 3.92. The SMILES string of the molecule is Cc1nn(C)c(C)c1CN1CCCC(CNC(C)C)C1. The van der Waals surface area contributed by atoms with Crippen LogP contribution in [-0.2, 0) is 13.6 Å². The molecule has 0 bridgehead atoms. The van der Waals surface area contributed by atoms with Crippen molar-refractivity contribution in [2.45, 2.75) is 53.1 Å². The van der Waals surface area contributed by atoms with E-state index in [4.69, 9.17) is 0 Å². The summed E-state index contributed by atoms with van der Waals surface area (Å²) in [6, 6.07) is 0.591. The smallest absolute Gasteiger partial charge is 0.0641 e. The second-order valence-corrected chi connectivity index (χ2v) is 6.58. The molecule has 0 radical (unpaired) electrons. The molecule has 0 spiro atoms. The summed E-state index contributed by atoms with van der Waals surface area (Å²) in [6.07, 6.45) is 2.68. The van der Waals surface area contributed by atoms with Crippen molar-refractivity contribution in [2.75, 3.05) is 19.6 Å². The quantitative estimate of drug-likeness (QED) is 0.897. The summed E-state index contributed by atoms with van der Waals surface area (Å²) in [6.45, 7) is 13.4. The number of piperidine rings is 1. The lowest BCUT2D eigenvalue weighted by Gasteiger charge is -2.33. The largest absolute Gasteiger partial charge is 0.314 e. The summed E-state index contributed by atoms with van der Waals surface area (Å²) in [5.74, 6) is 0.795. The van der Waals surface area contributed by atoms with E-state index in [9.17, 15) is 0 Å². The third-order valence-electron chi connectivity index (χ3n) is 4.46. The molecule has 4 nitrogen and oxygen atoms in total. The van der Waals surface area contributed by atoms with Crippen molar-refractivity contribution in [1.82, 2.24) is 20.0 Å². The van der Waals surface area contributed by atoms with E-state index < -0.39 is 0 Å². The zero-order valence-corrected chi connectivity index (χ0v) is 13.7. The van der Waals surface area contributed by atoms with Gasteiger partial charge >= 0.3 is 0 Å². The van der Waals surface area contributed by atoms with E-state index in [1.54, 1.807) is 0 Å². The molecule has 1 fully saturated rings. The van der Waals surface area contributed by atoms with Gasteiger partial charge in [0.05, 0.1) is 5.69 Å². The fourth-order valence-electron chi connectivity index (χ4n) is 3.13. The lowest BCUT2D eigenvalue weighted by atomic mass is 9.97. The van der Waals surface area contributed by atoms with Gasteiger partial charge in [0.25, 0.3) is 0 Å². The minimum atomic E-state index is 0.591. The van der Waals surface area contributed by atoms with Crippen molar-refractivity contribution < 1.29 is 0 Å². The maximum Gasteiger partial charge on any atom is 0.0641 e. The first-order chi connectivity index (χ1) is 9.47. The molecule has 1 aromatic heterocycles. The topological polar surface area (TPSA) is 33.1 Å². The van der Waals surface area contributed by atoms with Gasteiger partial charge in [0, 0.05) is 37.4 Å². The van der Waals surface area contributed by atoms with Gasteiger partial charge in [-0.05, 0) is 45.7 Å². The predicted molar refractivity (Wildman–Crippen MR) is 83.8 cm³/mol. The van der Waals surface area contributed by atoms with Gasteiger partial charge < -0.3 is 5.32 Å². The highest BCUT2D eigenvalue weighted by molar-refractivity contribution is 5.24. The second kappa shape index (κ2) is 6.72. The number of nitrogens with one attached hydrogen (secondary N) is 1. The van der Waals surface area contributed by atoms with E-state index in [2.05, 4.69) is 43.0 Å². The van der Waals surface area contributed by atoms with Crippen molar-refractivity contribution in [3.8, 4) is 0 Å². The van der Waals surface area contributed by atoms with Crippen LogP contribution in [0.3, 0.4) is 0 Å². The average molecular weight is 278 g/mol. The highest BCUT2D eigenvalue weighted by atomic mass is 15.3. The monoisotopic (exact) mass is 278 g/mol. The fourth-order valence-corrected chi connectivity index (χ4v) is 3.13. The van der Waals surface area contributed by atoms with Gasteiger partial charge in [-0.25, -0.2) is 0 Å². The zero-order valence-electron chi connectivity index (χ0n) is 13.7. The summed E-state index contributed by atoms with van der Waals surface area (Å²) in [4.78, 5) is 2.60. The summed E-state index contributed by atoms with van der Waals surface area (Å²) in [5, 5.41) is 8.12. The standard InChI is InChI=1S/C16H30N4/c1-12(2)17-9-15-7-6-8-20(10-15)11-16-13(3)18-19(5)14(16)4/h12,15,17H,6-11H2,1-5H3. The Morgan fingerprint density at radius 1 is 1.35 bits per heavy atom. The molecule has 4 heteroatoms. The molecule has 1 aliphatic rings. The Balaban J connectivity index is 1.92. The minimum absolute atomic E-state index is 0.591. The van der Waals surface area contributed by atoms with Crippen molar-refractivity contribution in [2.24, 2.45) is 13.0 Å². The number of aromatic nitrogens is 2. The first-order valence-electron chi connectivity index (χ1n) is 7.92. The van der Waals surface area contributed by atoms with E-state index in [1.807, 2.05) is 11.7 Å². The van der Waals surface area contributed by atoms with Crippen LogP contribution in [0.5, 0.6) is 0 Å². The molecule has 0 aromatic carbocycles. The Morgan fingerprint density at radius 2 is 2.10 bits per heavy atom. The molecule has 1 unspecified atom stereocenters. The van der Waals surface area contributed by atoms with E-state index in [0.717, 1.165) is 19.0 Å².